The van der Waals surface area contributed by atoms with Crippen molar-refractivity contribution in [1.82, 2.24) is 10.2 Å². The highest BCUT2D eigenvalue weighted by molar-refractivity contribution is 5.81. The summed E-state index contributed by atoms with van der Waals surface area (Å²) in [5.74, 6) is 0.825. The van der Waals surface area contributed by atoms with Crippen molar-refractivity contribution in [1.29, 1.82) is 0 Å². The maximum atomic E-state index is 14.4. The van der Waals surface area contributed by atoms with Gasteiger partial charge in [-0.1, -0.05) is 6.07 Å². The first-order valence-electron chi connectivity index (χ1n) is 9.91. The van der Waals surface area contributed by atoms with E-state index in [4.69, 9.17) is 18.9 Å². The molecule has 0 saturated carbocycles. The second kappa shape index (κ2) is 8.47. The van der Waals surface area contributed by atoms with Crippen LogP contribution < -0.4 is 18.9 Å². The number of hydrogen-bond acceptors (Lipinski definition) is 6. The number of methoxy groups -OCH3 is 4. The van der Waals surface area contributed by atoms with E-state index in [1.54, 1.807) is 33.5 Å². The van der Waals surface area contributed by atoms with Crippen LogP contribution in [-0.2, 0) is 12.8 Å². The van der Waals surface area contributed by atoms with Crippen molar-refractivity contribution in [3.8, 4) is 34.1 Å². The van der Waals surface area contributed by atoms with Crippen LogP contribution in [0.2, 0.25) is 0 Å². The average Bonchev–Trinajstić information content (AvgIpc) is 3.22. The third-order valence-electron chi connectivity index (χ3n) is 5.79. The number of aryl methyl sites for hydroxylation is 1. The fraction of sp³-hybridized carbons (Fsp3) is 0.348. The van der Waals surface area contributed by atoms with Crippen molar-refractivity contribution in [2.24, 2.45) is 0 Å². The first-order valence-corrected chi connectivity index (χ1v) is 9.91. The minimum Gasteiger partial charge on any atom is -0.494 e. The fourth-order valence-corrected chi connectivity index (χ4v) is 4.31. The van der Waals surface area contributed by atoms with Crippen molar-refractivity contribution in [3.05, 3.63) is 52.6 Å². The Morgan fingerprint density at radius 1 is 1.00 bits per heavy atom. The van der Waals surface area contributed by atoms with Crippen LogP contribution in [0, 0.1) is 5.82 Å². The van der Waals surface area contributed by atoms with Gasteiger partial charge in [0.15, 0.2) is 23.1 Å². The smallest absolute Gasteiger partial charge is 0.203 e. The Kier molecular flexibility index (Phi) is 5.73. The van der Waals surface area contributed by atoms with Gasteiger partial charge in [0.1, 0.15) is 0 Å². The SMILES string of the molecule is COc1ccc(C(CO)c2n[nH]c3c2-c2cc(OC)c(OC)c(OC)c2CC3)cc1F. The molecule has 0 radical (unpaired) electrons. The van der Waals surface area contributed by atoms with Gasteiger partial charge >= 0.3 is 0 Å². The Morgan fingerprint density at radius 3 is 2.35 bits per heavy atom. The molecular weight excluding hydrogens is 403 g/mol. The number of nitrogens with zero attached hydrogens (tertiary/aromatic N) is 1. The van der Waals surface area contributed by atoms with Crippen LogP contribution in [0.15, 0.2) is 24.3 Å². The molecule has 7 nitrogen and oxygen atoms in total. The molecule has 1 heterocycles. The molecule has 1 atom stereocenters. The number of rotatable bonds is 7. The van der Waals surface area contributed by atoms with Gasteiger partial charge in [-0.15, -0.1) is 0 Å². The summed E-state index contributed by atoms with van der Waals surface area (Å²) < 4.78 is 36.1. The Bertz CT molecular complexity index is 1110. The maximum Gasteiger partial charge on any atom is 0.203 e. The van der Waals surface area contributed by atoms with Crippen molar-refractivity contribution in [3.63, 3.8) is 0 Å². The summed E-state index contributed by atoms with van der Waals surface area (Å²) >= 11 is 0. The van der Waals surface area contributed by atoms with Crippen molar-refractivity contribution in [2.75, 3.05) is 35.0 Å². The van der Waals surface area contributed by atoms with Crippen LogP contribution in [0.25, 0.3) is 11.1 Å². The Hall–Kier alpha value is -3.26. The number of ether oxygens (including phenoxy) is 4. The molecule has 0 spiro atoms. The van der Waals surface area contributed by atoms with E-state index in [9.17, 15) is 9.50 Å². The molecule has 31 heavy (non-hydrogen) atoms. The van der Waals surface area contributed by atoms with E-state index in [0.717, 1.165) is 35.2 Å². The van der Waals surface area contributed by atoms with E-state index in [-0.39, 0.29) is 12.4 Å². The first-order chi connectivity index (χ1) is 15.1. The summed E-state index contributed by atoms with van der Waals surface area (Å²) in [6.07, 6.45) is 1.45. The van der Waals surface area contributed by atoms with Crippen LogP contribution >= 0.6 is 0 Å². The molecule has 2 N–H and O–H groups in total. The number of fused-ring (bicyclic) bond motifs is 3. The molecule has 1 aliphatic rings. The highest BCUT2D eigenvalue weighted by atomic mass is 19.1. The molecule has 164 valence electrons. The summed E-state index contributed by atoms with van der Waals surface area (Å²) in [4.78, 5) is 0. The van der Waals surface area contributed by atoms with E-state index in [0.29, 0.717) is 28.5 Å². The van der Waals surface area contributed by atoms with Gasteiger partial charge in [0, 0.05) is 16.8 Å². The number of halogens is 1. The van der Waals surface area contributed by atoms with E-state index in [1.165, 1.54) is 13.2 Å². The lowest BCUT2D eigenvalue weighted by Crippen LogP contribution is -2.12. The number of aliphatic hydroxyl groups excluding tert-OH is 1. The number of aromatic amines is 1. The molecule has 1 aliphatic carbocycles. The topological polar surface area (TPSA) is 85.8 Å². The number of H-pyrrole nitrogens is 1. The van der Waals surface area contributed by atoms with Crippen LogP contribution in [0.5, 0.6) is 23.0 Å². The van der Waals surface area contributed by atoms with Crippen LogP contribution in [0.4, 0.5) is 4.39 Å². The van der Waals surface area contributed by atoms with E-state index in [1.807, 2.05) is 6.07 Å². The minimum absolute atomic E-state index is 0.149. The van der Waals surface area contributed by atoms with Crippen molar-refractivity contribution < 1.29 is 28.4 Å². The fourth-order valence-electron chi connectivity index (χ4n) is 4.31. The summed E-state index contributed by atoms with van der Waals surface area (Å²) in [6, 6.07) is 6.57. The quantitative estimate of drug-likeness (QED) is 0.599. The molecule has 2 aromatic carbocycles. The Morgan fingerprint density at radius 2 is 1.74 bits per heavy atom. The lowest BCUT2D eigenvalue weighted by atomic mass is 9.83. The van der Waals surface area contributed by atoms with Gasteiger partial charge in [0.05, 0.1) is 46.7 Å². The summed E-state index contributed by atoms with van der Waals surface area (Å²) in [5, 5.41) is 17.8. The van der Waals surface area contributed by atoms with E-state index < -0.39 is 11.7 Å². The van der Waals surface area contributed by atoms with Gasteiger partial charge in [-0.2, -0.15) is 5.10 Å². The number of nitrogens with one attached hydrogen (secondary N) is 1. The van der Waals surface area contributed by atoms with Crippen molar-refractivity contribution in [2.45, 2.75) is 18.8 Å². The van der Waals surface area contributed by atoms with E-state index in [2.05, 4.69) is 10.2 Å². The lowest BCUT2D eigenvalue weighted by molar-refractivity contribution is 0.278. The molecule has 3 aromatic rings. The number of hydrogen-bond donors (Lipinski definition) is 2. The van der Waals surface area contributed by atoms with Gasteiger partial charge in [-0.3, -0.25) is 5.10 Å². The Balaban J connectivity index is 1.90. The predicted molar refractivity (Wildman–Crippen MR) is 113 cm³/mol. The van der Waals surface area contributed by atoms with Gasteiger partial charge in [-0.05, 0) is 42.2 Å². The van der Waals surface area contributed by atoms with Gasteiger partial charge < -0.3 is 24.1 Å². The van der Waals surface area contributed by atoms with Crippen LogP contribution in [-0.4, -0.2) is 50.3 Å². The maximum absolute atomic E-state index is 14.4. The van der Waals surface area contributed by atoms with Gasteiger partial charge in [0.2, 0.25) is 5.75 Å². The summed E-state index contributed by atoms with van der Waals surface area (Å²) in [7, 11) is 6.16. The second-order valence-electron chi connectivity index (χ2n) is 7.26. The third-order valence-corrected chi connectivity index (χ3v) is 5.79. The molecular formula is C23H25FN2O5. The minimum atomic E-state index is -0.523. The lowest BCUT2D eigenvalue weighted by Gasteiger charge is -2.24. The molecule has 8 heteroatoms. The molecule has 1 unspecified atom stereocenters. The zero-order valence-electron chi connectivity index (χ0n) is 17.9. The van der Waals surface area contributed by atoms with Gasteiger partial charge in [0.25, 0.3) is 0 Å². The average molecular weight is 428 g/mol. The monoisotopic (exact) mass is 428 g/mol. The first kappa shape index (κ1) is 21.0. The normalized spacial score (nSPS) is 13.2. The molecule has 0 fully saturated rings. The highest BCUT2D eigenvalue weighted by Gasteiger charge is 2.32. The summed E-state index contributed by atoms with van der Waals surface area (Å²) in [6.45, 7) is -0.233. The number of aliphatic hydroxyl groups is 1. The van der Waals surface area contributed by atoms with Gasteiger partial charge in [-0.25, -0.2) is 4.39 Å². The molecule has 1 aromatic heterocycles. The molecule has 0 saturated heterocycles. The number of benzene rings is 2. The van der Waals surface area contributed by atoms with E-state index >= 15 is 0 Å². The highest BCUT2D eigenvalue weighted by Crippen LogP contribution is 2.50. The zero-order chi connectivity index (χ0) is 22.1. The Labute approximate surface area is 179 Å². The second-order valence-corrected chi connectivity index (χ2v) is 7.26. The standard InChI is InChI=1S/C23H25FN2O5/c1-28-18-8-5-12(9-16(18)24)15(11-27)21-20-14-10-19(29-2)23(31-4)22(30-3)13(14)6-7-17(20)25-26-21/h5,8-10,15,27H,6-7,11H2,1-4H3,(H,25,26). The third kappa shape index (κ3) is 3.37. The predicted octanol–water partition coefficient (Wildman–Crippen LogP) is 3.47. The van der Waals surface area contributed by atoms with Crippen LogP contribution in [0.3, 0.4) is 0 Å². The molecule has 0 aliphatic heterocycles. The number of aromatic nitrogens is 2. The molecule has 0 amide bonds. The largest absolute Gasteiger partial charge is 0.494 e. The molecule has 0 bridgehead atoms. The summed E-state index contributed by atoms with van der Waals surface area (Å²) in [5.41, 5.74) is 4.94. The molecule has 4 rings (SSSR count). The van der Waals surface area contributed by atoms with Crippen molar-refractivity contribution >= 4 is 0 Å². The van der Waals surface area contributed by atoms with Crippen LogP contribution in [0.1, 0.15) is 28.4 Å². The zero-order valence-corrected chi connectivity index (χ0v) is 17.9.